The van der Waals surface area contributed by atoms with Gasteiger partial charge in [-0.05, 0) is 43.5 Å². The number of nitrogens with one attached hydrogen (secondary N) is 1. The minimum atomic E-state index is -3.19. The Bertz CT molecular complexity index is 1160. The van der Waals surface area contributed by atoms with E-state index in [1.54, 1.807) is 0 Å². The van der Waals surface area contributed by atoms with Crippen molar-refractivity contribution in [1.29, 1.82) is 0 Å². The lowest BCUT2D eigenvalue weighted by Crippen LogP contribution is -2.40. The van der Waals surface area contributed by atoms with Crippen LogP contribution in [0.1, 0.15) is 18.4 Å². The molecule has 0 saturated carbocycles. The zero-order chi connectivity index (χ0) is 20.6. The van der Waals surface area contributed by atoms with Gasteiger partial charge in [-0.3, -0.25) is 4.79 Å². The number of aromatic nitrogens is 2. The van der Waals surface area contributed by atoms with Gasteiger partial charge in [0.1, 0.15) is 5.65 Å². The first-order valence-corrected chi connectivity index (χ1v) is 11.5. The van der Waals surface area contributed by atoms with E-state index < -0.39 is 10.0 Å². The van der Waals surface area contributed by atoms with Crippen LogP contribution in [0.15, 0.2) is 48.8 Å². The molecule has 1 saturated heterocycles. The van der Waals surface area contributed by atoms with Crippen LogP contribution in [0.25, 0.3) is 16.9 Å². The van der Waals surface area contributed by atoms with Gasteiger partial charge in [0.05, 0.1) is 11.9 Å². The van der Waals surface area contributed by atoms with Crippen LogP contribution < -0.4 is 5.32 Å². The van der Waals surface area contributed by atoms with E-state index in [0.717, 1.165) is 22.5 Å². The van der Waals surface area contributed by atoms with Crippen LogP contribution in [-0.2, 0) is 14.8 Å². The number of nitrogens with zero attached hydrogens (tertiary/aromatic N) is 3. The summed E-state index contributed by atoms with van der Waals surface area (Å²) in [5.41, 5.74) is 4.50. The molecule has 3 aromatic rings. The standard InChI is InChI=1S/C21H24N4O3S/c1-15-5-4-10-24-14-19(23-20(15)24)17-6-3-7-18(13-17)22-21(26)16-8-11-25(12-9-16)29(2,27)28/h3-7,10,13-14,16H,8-9,11-12H2,1-2H3,(H,22,26). The number of hydrogen-bond acceptors (Lipinski definition) is 4. The summed E-state index contributed by atoms with van der Waals surface area (Å²) in [6, 6.07) is 11.7. The first-order valence-electron chi connectivity index (χ1n) is 9.62. The molecule has 8 heteroatoms. The normalized spacial score (nSPS) is 16.2. The van der Waals surface area contributed by atoms with Crippen molar-refractivity contribution in [1.82, 2.24) is 13.7 Å². The van der Waals surface area contributed by atoms with Gasteiger partial charge >= 0.3 is 0 Å². The molecule has 152 valence electrons. The van der Waals surface area contributed by atoms with Gasteiger partial charge in [0.15, 0.2) is 0 Å². The zero-order valence-electron chi connectivity index (χ0n) is 16.5. The van der Waals surface area contributed by atoms with E-state index in [9.17, 15) is 13.2 Å². The molecule has 1 aliphatic rings. The maximum absolute atomic E-state index is 12.7. The zero-order valence-corrected chi connectivity index (χ0v) is 17.3. The highest BCUT2D eigenvalue weighted by Crippen LogP contribution is 2.25. The van der Waals surface area contributed by atoms with Crippen LogP contribution in [0.4, 0.5) is 5.69 Å². The predicted octanol–water partition coefficient (Wildman–Crippen LogP) is 2.92. The molecule has 1 aromatic carbocycles. The Labute approximate surface area is 170 Å². The molecular weight excluding hydrogens is 388 g/mol. The molecule has 0 radical (unpaired) electrons. The number of sulfonamides is 1. The Hall–Kier alpha value is -2.71. The third-order valence-electron chi connectivity index (χ3n) is 5.40. The summed E-state index contributed by atoms with van der Waals surface area (Å²) >= 11 is 0. The highest BCUT2D eigenvalue weighted by Gasteiger charge is 2.28. The largest absolute Gasteiger partial charge is 0.326 e. The number of benzene rings is 1. The molecule has 4 rings (SSSR count). The van der Waals surface area contributed by atoms with Gasteiger partial charge in [-0.25, -0.2) is 17.7 Å². The summed E-state index contributed by atoms with van der Waals surface area (Å²) < 4.78 is 26.7. The van der Waals surface area contributed by atoms with Crippen LogP contribution in [-0.4, -0.2) is 47.4 Å². The van der Waals surface area contributed by atoms with Crippen LogP contribution in [0, 0.1) is 12.8 Å². The second-order valence-corrected chi connectivity index (χ2v) is 9.54. The molecule has 29 heavy (non-hydrogen) atoms. The number of hydrogen-bond donors (Lipinski definition) is 1. The van der Waals surface area contributed by atoms with Crippen molar-refractivity contribution < 1.29 is 13.2 Å². The van der Waals surface area contributed by atoms with E-state index in [1.165, 1.54) is 10.6 Å². The lowest BCUT2D eigenvalue weighted by molar-refractivity contribution is -0.120. The lowest BCUT2D eigenvalue weighted by atomic mass is 9.97. The Kier molecular flexibility index (Phi) is 5.14. The summed E-state index contributed by atoms with van der Waals surface area (Å²) in [4.78, 5) is 17.4. The third-order valence-corrected chi connectivity index (χ3v) is 6.70. The molecule has 0 atom stereocenters. The fourth-order valence-corrected chi connectivity index (χ4v) is 4.62. The van der Waals surface area contributed by atoms with Gasteiger partial charge in [0, 0.05) is 42.7 Å². The third kappa shape index (κ3) is 4.18. The number of anilines is 1. The van der Waals surface area contributed by atoms with Crippen molar-refractivity contribution >= 4 is 27.3 Å². The molecule has 1 amide bonds. The molecule has 7 nitrogen and oxygen atoms in total. The van der Waals surface area contributed by atoms with Gasteiger partial charge in [-0.2, -0.15) is 0 Å². The highest BCUT2D eigenvalue weighted by atomic mass is 32.2. The Balaban J connectivity index is 1.48. The molecule has 2 aromatic heterocycles. The van der Waals surface area contributed by atoms with Gasteiger partial charge in [-0.1, -0.05) is 18.2 Å². The summed E-state index contributed by atoms with van der Waals surface area (Å²) in [6.07, 6.45) is 6.21. The Morgan fingerprint density at radius 3 is 2.62 bits per heavy atom. The average Bonchev–Trinajstić information content (AvgIpc) is 3.13. The lowest BCUT2D eigenvalue weighted by Gasteiger charge is -2.29. The number of pyridine rings is 1. The van der Waals surface area contributed by atoms with Crippen molar-refractivity contribution in [3.63, 3.8) is 0 Å². The summed E-state index contributed by atoms with van der Waals surface area (Å²) in [5.74, 6) is -0.254. The second-order valence-electron chi connectivity index (χ2n) is 7.55. The number of amides is 1. The second kappa shape index (κ2) is 7.61. The molecule has 0 aliphatic carbocycles. The number of carbonyl (C=O) groups excluding carboxylic acids is 1. The number of piperidine rings is 1. The van der Waals surface area contributed by atoms with Crippen molar-refractivity contribution in [2.24, 2.45) is 5.92 Å². The summed E-state index contributed by atoms with van der Waals surface area (Å²) in [7, 11) is -3.19. The van der Waals surface area contributed by atoms with Crippen molar-refractivity contribution in [2.45, 2.75) is 19.8 Å². The van der Waals surface area contributed by atoms with Crippen LogP contribution >= 0.6 is 0 Å². The Morgan fingerprint density at radius 1 is 1.17 bits per heavy atom. The SMILES string of the molecule is Cc1cccn2cc(-c3cccc(NC(=O)C4CCN(S(C)(=O)=O)CC4)c3)nc12. The fraction of sp³-hybridized carbons (Fsp3) is 0.333. The first kappa shape index (κ1) is 19.6. The van der Waals surface area contributed by atoms with Crippen LogP contribution in [0.5, 0.6) is 0 Å². The molecule has 1 N–H and O–H groups in total. The number of aryl methyl sites for hydroxylation is 1. The summed E-state index contributed by atoms with van der Waals surface area (Å²) in [5, 5.41) is 2.98. The molecule has 0 bridgehead atoms. The van der Waals surface area contributed by atoms with Crippen LogP contribution in [0.2, 0.25) is 0 Å². The monoisotopic (exact) mass is 412 g/mol. The topological polar surface area (TPSA) is 83.8 Å². The van der Waals surface area contributed by atoms with Gasteiger partial charge < -0.3 is 9.72 Å². The predicted molar refractivity (Wildman–Crippen MR) is 113 cm³/mol. The minimum Gasteiger partial charge on any atom is -0.326 e. The fourth-order valence-electron chi connectivity index (χ4n) is 3.74. The maximum Gasteiger partial charge on any atom is 0.227 e. The van der Waals surface area contributed by atoms with E-state index >= 15 is 0 Å². The van der Waals surface area contributed by atoms with Crippen molar-refractivity contribution in [2.75, 3.05) is 24.7 Å². The van der Waals surface area contributed by atoms with Gasteiger partial charge in [-0.15, -0.1) is 0 Å². The number of fused-ring (bicyclic) bond motifs is 1. The molecule has 1 aliphatic heterocycles. The Morgan fingerprint density at radius 2 is 1.93 bits per heavy atom. The number of rotatable bonds is 4. The highest BCUT2D eigenvalue weighted by molar-refractivity contribution is 7.88. The molecule has 0 spiro atoms. The van der Waals surface area contributed by atoms with Crippen molar-refractivity contribution in [3.05, 3.63) is 54.4 Å². The number of carbonyl (C=O) groups is 1. The summed E-state index contributed by atoms with van der Waals surface area (Å²) in [6.45, 7) is 2.80. The van der Waals surface area contributed by atoms with Gasteiger partial charge in [0.2, 0.25) is 15.9 Å². The van der Waals surface area contributed by atoms with E-state index in [1.807, 2.05) is 60.1 Å². The first-order chi connectivity index (χ1) is 13.8. The van der Waals surface area contributed by atoms with E-state index in [4.69, 9.17) is 4.98 Å². The van der Waals surface area contributed by atoms with E-state index in [0.29, 0.717) is 31.6 Å². The van der Waals surface area contributed by atoms with Gasteiger partial charge in [0.25, 0.3) is 0 Å². The smallest absolute Gasteiger partial charge is 0.227 e. The van der Waals surface area contributed by atoms with E-state index in [-0.39, 0.29) is 11.8 Å². The molecular formula is C21H24N4O3S. The number of imidazole rings is 1. The average molecular weight is 413 g/mol. The van der Waals surface area contributed by atoms with E-state index in [2.05, 4.69) is 5.32 Å². The molecule has 0 unspecified atom stereocenters. The van der Waals surface area contributed by atoms with Crippen molar-refractivity contribution in [3.8, 4) is 11.3 Å². The van der Waals surface area contributed by atoms with Crippen LogP contribution in [0.3, 0.4) is 0 Å². The minimum absolute atomic E-state index is 0.0684. The quantitative estimate of drug-likeness (QED) is 0.714. The molecule has 3 heterocycles. The maximum atomic E-state index is 12.7. The molecule has 1 fully saturated rings.